The second kappa shape index (κ2) is 8.03. The van der Waals surface area contributed by atoms with E-state index in [4.69, 9.17) is 23.2 Å². The molecular weight excluding hydrogens is 432 g/mol. The van der Waals surface area contributed by atoms with Crippen LogP contribution in [0.5, 0.6) is 0 Å². The van der Waals surface area contributed by atoms with Crippen molar-refractivity contribution < 1.29 is 14.0 Å². The molecule has 3 aromatic rings. The number of imide groups is 1. The van der Waals surface area contributed by atoms with Gasteiger partial charge in [-0.05, 0) is 42.0 Å². The molecule has 0 unspecified atom stereocenters. The lowest BCUT2D eigenvalue weighted by molar-refractivity contribution is -0.119. The minimum atomic E-state index is -0.538. The van der Waals surface area contributed by atoms with Gasteiger partial charge in [-0.1, -0.05) is 71.4 Å². The van der Waals surface area contributed by atoms with Gasteiger partial charge in [0.25, 0.3) is 11.8 Å². The van der Waals surface area contributed by atoms with Gasteiger partial charge in [0.05, 0.1) is 26.2 Å². The van der Waals surface area contributed by atoms with Crippen molar-refractivity contribution in [3.8, 4) is 0 Å². The van der Waals surface area contributed by atoms with Crippen molar-refractivity contribution in [3.05, 3.63) is 99.1 Å². The number of halogens is 3. The third-order valence-electron chi connectivity index (χ3n) is 4.31. The van der Waals surface area contributed by atoms with Crippen molar-refractivity contribution in [1.29, 1.82) is 0 Å². The zero-order chi connectivity index (χ0) is 20.5. The van der Waals surface area contributed by atoms with E-state index in [-0.39, 0.29) is 26.2 Å². The number of nitrogens with zero attached hydrogens (tertiary/aromatic N) is 1. The van der Waals surface area contributed by atoms with Crippen molar-refractivity contribution in [3.63, 3.8) is 0 Å². The normalized spacial score (nSPS) is 14.1. The SMILES string of the molecule is O=C1C(Sc2ccccc2)=C(c2ccc(F)cc2)C(=O)N1c1cccc(Cl)c1Cl. The largest absolute Gasteiger partial charge is 0.272 e. The third kappa shape index (κ3) is 3.69. The Morgan fingerprint density at radius 1 is 0.793 bits per heavy atom. The molecule has 0 saturated carbocycles. The summed E-state index contributed by atoms with van der Waals surface area (Å²) in [6.45, 7) is 0. The average Bonchev–Trinajstić information content (AvgIpc) is 2.96. The maximum absolute atomic E-state index is 13.4. The van der Waals surface area contributed by atoms with Crippen molar-refractivity contribution in [2.75, 3.05) is 4.90 Å². The summed E-state index contributed by atoms with van der Waals surface area (Å²) in [6.07, 6.45) is 0. The molecule has 1 heterocycles. The fourth-order valence-electron chi connectivity index (χ4n) is 2.97. The molecule has 3 nitrogen and oxygen atoms in total. The van der Waals surface area contributed by atoms with Gasteiger partial charge in [0.15, 0.2) is 0 Å². The summed E-state index contributed by atoms with van der Waals surface area (Å²) in [5.74, 6) is -1.48. The lowest BCUT2D eigenvalue weighted by Crippen LogP contribution is -2.31. The Labute approximate surface area is 180 Å². The minimum Gasteiger partial charge on any atom is -0.268 e. The monoisotopic (exact) mass is 443 g/mol. The summed E-state index contributed by atoms with van der Waals surface area (Å²) in [6, 6.07) is 19.4. The quantitative estimate of drug-likeness (QED) is 0.449. The Kier molecular flexibility index (Phi) is 5.46. The van der Waals surface area contributed by atoms with Crippen LogP contribution in [0.3, 0.4) is 0 Å². The molecule has 0 saturated heterocycles. The number of anilines is 1. The van der Waals surface area contributed by atoms with Gasteiger partial charge in [-0.2, -0.15) is 0 Å². The molecule has 0 aromatic heterocycles. The van der Waals surface area contributed by atoms with Crippen LogP contribution in [0.4, 0.5) is 10.1 Å². The topological polar surface area (TPSA) is 37.4 Å². The van der Waals surface area contributed by atoms with Gasteiger partial charge in [-0.3, -0.25) is 9.59 Å². The maximum atomic E-state index is 13.4. The highest BCUT2D eigenvalue weighted by molar-refractivity contribution is 8.04. The van der Waals surface area contributed by atoms with Crippen LogP contribution in [0.15, 0.2) is 82.6 Å². The molecule has 1 aliphatic heterocycles. The van der Waals surface area contributed by atoms with Crippen LogP contribution in [-0.4, -0.2) is 11.8 Å². The molecule has 0 atom stereocenters. The lowest BCUT2D eigenvalue weighted by Gasteiger charge is -2.17. The fourth-order valence-corrected chi connectivity index (χ4v) is 4.36. The van der Waals surface area contributed by atoms with Gasteiger partial charge in [0, 0.05) is 4.90 Å². The zero-order valence-corrected chi connectivity index (χ0v) is 17.1. The summed E-state index contributed by atoms with van der Waals surface area (Å²) in [7, 11) is 0. The highest BCUT2D eigenvalue weighted by Crippen LogP contribution is 2.43. The smallest absolute Gasteiger partial charge is 0.268 e. The van der Waals surface area contributed by atoms with E-state index < -0.39 is 17.6 Å². The molecule has 4 rings (SSSR count). The van der Waals surface area contributed by atoms with E-state index in [1.165, 1.54) is 36.0 Å². The van der Waals surface area contributed by atoms with Gasteiger partial charge in [-0.25, -0.2) is 9.29 Å². The van der Waals surface area contributed by atoms with Crippen molar-refractivity contribution in [1.82, 2.24) is 0 Å². The molecule has 0 aliphatic carbocycles. The predicted octanol–water partition coefficient (Wildman–Crippen LogP) is 6.21. The number of hydrogen-bond acceptors (Lipinski definition) is 3. The first-order valence-corrected chi connectivity index (χ1v) is 10.1. The fraction of sp³-hybridized carbons (Fsp3) is 0. The van der Waals surface area contributed by atoms with Crippen LogP contribution in [0.1, 0.15) is 5.56 Å². The van der Waals surface area contributed by atoms with Crippen LogP contribution in [0.2, 0.25) is 10.0 Å². The molecule has 0 radical (unpaired) electrons. The number of hydrogen-bond donors (Lipinski definition) is 0. The first-order valence-electron chi connectivity index (χ1n) is 8.53. The van der Waals surface area contributed by atoms with Crippen molar-refractivity contribution in [2.24, 2.45) is 0 Å². The number of thioether (sulfide) groups is 1. The van der Waals surface area contributed by atoms with Gasteiger partial charge in [0.1, 0.15) is 5.82 Å². The van der Waals surface area contributed by atoms with Crippen LogP contribution < -0.4 is 4.90 Å². The Morgan fingerprint density at radius 3 is 2.17 bits per heavy atom. The molecular formula is C22H12Cl2FNO2S. The van der Waals surface area contributed by atoms with E-state index >= 15 is 0 Å². The number of carbonyl (C=O) groups is 2. The molecule has 0 bridgehead atoms. The zero-order valence-electron chi connectivity index (χ0n) is 14.7. The van der Waals surface area contributed by atoms with Crippen molar-refractivity contribution >= 4 is 58.0 Å². The number of amides is 2. The van der Waals surface area contributed by atoms with E-state index in [1.807, 2.05) is 30.3 Å². The molecule has 1 aliphatic rings. The van der Waals surface area contributed by atoms with Crippen LogP contribution >= 0.6 is 35.0 Å². The second-order valence-electron chi connectivity index (χ2n) is 6.14. The first kappa shape index (κ1) is 19.7. The standard InChI is InChI=1S/C22H12Cl2FNO2S/c23-16-7-4-8-17(19(16)24)26-21(27)18(13-9-11-14(25)12-10-13)20(22(26)28)29-15-5-2-1-3-6-15/h1-12H. The number of carbonyl (C=O) groups excluding carboxylic acids is 2. The van der Waals surface area contributed by atoms with E-state index in [0.717, 1.165) is 9.80 Å². The highest BCUT2D eigenvalue weighted by atomic mass is 35.5. The lowest BCUT2D eigenvalue weighted by atomic mass is 10.1. The summed E-state index contributed by atoms with van der Waals surface area (Å²) >= 11 is 13.5. The summed E-state index contributed by atoms with van der Waals surface area (Å²) in [5, 5.41) is 0.345. The highest BCUT2D eigenvalue weighted by Gasteiger charge is 2.41. The van der Waals surface area contributed by atoms with Gasteiger partial charge >= 0.3 is 0 Å². The average molecular weight is 444 g/mol. The summed E-state index contributed by atoms with van der Waals surface area (Å²) < 4.78 is 13.4. The number of rotatable bonds is 4. The Bertz CT molecular complexity index is 1150. The molecule has 7 heteroatoms. The van der Waals surface area contributed by atoms with E-state index in [9.17, 15) is 14.0 Å². The van der Waals surface area contributed by atoms with Crippen LogP contribution in [-0.2, 0) is 9.59 Å². The molecule has 3 aromatic carbocycles. The maximum Gasteiger partial charge on any atom is 0.272 e. The first-order chi connectivity index (χ1) is 14.0. The van der Waals surface area contributed by atoms with E-state index in [2.05, 4.69) is 0 Å². The molecule has 0 spiro atoms. The summed E-state index contributed by atoms with van der Waals surface area (Å²) in [4.78, 5) is 28.6. The van der Waals surface area contributed by atoms with E-state index in [1.54, 1.807) is 18.2 Å². The number of benzene rings is 3. The van der Waals surface area contributed by atoms with Crippen LogP contribution in [0, 0.1) is 5.82 Å². The second-order valence-corrected chi connectivity index (χ2v) is 8.01. The molecule has 29 heavy (non-hydrogen) atoms. The van der Waals surface area contributed by atoms with Gasteiger partial charge in [0.2, 0.25) is 0 Å². The molecule has 0 fully saturated rings. The molecule has 0 N–H and O–H groups in total. The molecule has 2 amide bonds. The minimum absolute atomic E-state index is 0.111. The van der Waals surface area contributed by atoms with E-state index in [0.29, 0.717) is 5.56 Å². The third-order valence-corrected chi connectivity index (χ3v) is 6.21. The Morgan fingerprint density at radius 2 is 1.48 bits per heavy atom. The van der Waals surface area contributed by atoms with Gasteiger partial charge < -0.3 is 0 Å². The van der Waals surface area contributed by atoms with Crippen LogP contribution in [0.25, 0.3) is 5.57 Å². The Hall–Kier alpha value is -2.60. The summed E-state index contributed by atoms with van der Waals surface area (Å²) in [5.41, 5.74) is 0.848. The van der Waals surface area contributed by atoms with Crippen molar-refractivity contribution in [2.45, 2.75) is 4.90 Å². The predicted molar refractivity (Wildman–Crippen MR) is 115 cm³/mol. The Balaban J connectivity index is 1.85. The van der Waals surface area contributed by atoms with Gasteiger partial charge in [-0.15, -0.1) is 0 Å². The molecule has 144 valence electrons.